The van der Waals surface area contributed by atoms with Crippen molar-refractivity contribution in [3.05, 3.63) is 28.5 Å². The summed E-state index contributed by atoms with van der Waals surface area (Å²) in [6.07, 6.45) is -4.44. The zero-order valence-corrected chi connectivity index (χ0v) is 16.0. The SMILES string of the molecule is CS(=O)(=O)NC(O)c1cc(Cl)c(OC[C@H]2CC[C@H](C(F)(F)F)CC2)cc1F. The molecule has 11 heteroatoms. The molecule has 1 unspecified atom stereocenters. The van der Waals surface area contributed by atoms with Gasteiger partial charge in [0.05, 0.1) is 23.8 Å². The Labute approximate surface area is 159 Å². The van der Waals surface area contributed by atoms with E-state index in [2.05, 4.69) is 0 Å². The highest BCUT2D eigenvalue weighted by atomic mass is 35.5. The third kappa shape index (κ3) is 6.48. The Bertz CT molecular complexity index is 764. The Morgan fingerprint density at radius 3 is 2.41 bits per heavy atom. The number of rotatable bonds is 6. The summed E-state index contributed by atoms with van der Waals surface area (Å²) in [5, 5.41) is 9.70. The van der Waals surface area contributed by atoms with Gasteiger partial charge in [0.15, 0.2) is 0 Å². The molecule has 0 aliphatic heterocycles. The largest absolute Gasteiger partial charge is 0.492 e. The Hall–Kier alpha value is -1.10. The van der Waals surface area contributed by atoms with Crippen molar-refractivity contribution in [2.45, 2.75) is 38.1 Å². The molecule has 154 valence electrons. The summed E-state index contributed by atoms with van der Waals surface area (Å²) in [6, 6.07) is 1.95. The topological polar surface area (TPSA) is 75.6 Å². The highest BCUT2D eigenvalue weighted by molar-refractivity contribution is 7.88. The Morgan fingerprint density at radius 1 is 1.30 bits per heavy atom. The van der Waals surface area contributed by atoms with Gasteiger partial charge in [-0.25, -0.2) is 12.8 Å². The third-order valence-electron chi connectivity index (χ3n) is 4.46. The van der Waals surface area contributed by atoms with Gasteiger partial charge in [0.2, 0.25) is 10.0 Å². The van der Waals surface area contributed by atoms with E-state index < -0.39 is 34.2 Å². The molecule has 1 fully saturated rings. The van der Waals surface area contributed by atoms with Crippen molar-refractivity contribution in [1.82, 2.24) is 4.72 Å². The molecule has 0 amide bonds. The lowest BCUT2D eigenvalue weighted by molar-refractivity contribution is -0.184. The molecule has 5 nitrogen and oxygen atoms in total. The summed E-state index contributed by atoms with van der Waals surface area (Å²) < 4.78 is 81.6. The molecule has 1 aliphatic carbocycles. The predicted molar refractivity (Wildman–Crippen MR) is 91.3 cm³/mol. The van der Waals surface area contributed by atoms with Gasteiger partial charge >= 0.3 is 6.18 Å². The van der Waals surface area contributed by atoms with Crippen LogP contribution >= 0.6 is 11.6 Å². The third-order valence-corrected chi connectivity index (χ3v) is 5.40. The molecule has 0 heterocycles. The van der Waals surface area contributed by atoms with Crippen LogP contribution in [0.1, 0.15) is 37.5 Å². The molecule has 0 spiro atoms. The number of alkyl halides is 3. The minimum Gasteiger partial charge on any atom is -0.492 e. The lowest BCUT2D eigenvalue weighted by Crippen LogP contribution is -2.29. The van der Waals surface area contributed by atoms with E-state index in [9.17, 15) is 31.1 Å². The van der Waals surface area contributed by atoms with Crippen LogP contribution in [-0.4, -0.2) is 32.6 Å². The summed E-state index contributed by atoms with van der Waals surface area (Å²) in [5.74, 6) is -2.35. The maximum atomic E-state index is 14.1. The first-order valence-electron chi connectivity index (χ1n) is 8.20. The van der Waals surface area contributed by atoms with E-state index in [-0.39, 0.29) is 41.7 Å². The van der Waals surface area contributed by atoms with Crippen LogP contribution in [0.25, 0.3) is 0 Å². The molecule has 2 N–H and O–H groups in total. The maximum absolute atomic E-state index is 14.1. The molecule has 0 aromatic heterocycles. The van der Waals surface area contributed by atoms with Crippen LogP contribution in [0.3, 0.4) is 0 Å². The van der Waals surface area contributed by atoms with Gasteiger partial charge in [-0.1, -0.05) is 11.6 Å². The summed E-state index contributed by atoms with van der Waals surface area (Å²) in [7, 11) is -3.77. The van der Waals surface area contributed by atoms with Crippen molar-refractivity contribution in [3.63, 3.8) is 0 Å². The molecule has 1 aliphatic rings. The van der Waals surface area contributed by atoms with Gasteiger partial charge in [-0.3, -0.25) is 0 Å². The molecule has 1 saturated carbocycles. The van der Waals surface area contributed by atoms with E-state index in [4.69, 9.17) is 16.3 Å². The van der Waals surface area contributed by atoms with Crippen LogP contribution in [0.2, 0.25) is 5.02 Å². The van der Waals surface area contributed by atoms with E-state index in [1.54, 1.807) is 0 Å². The molecule has 2 rings (SSSR count). The second kappa shape index (κ2) is 8.50. The Kier molecular flexibility index (Phi) is 6.99. The van der Waals surface area contributed by atoms with Crippen LogP contribution < -0.4 is 9.46 Å². The Morgan fingerprint density at radius 2 is 1.89 bits per heavy atom. The average molecular weight is 434 g/mol. The van der Waals surface area contributed by atoms with Crippen molar-refractivity contribution in [2.24, 2.45) is 11.8 Å². The lowest BCUT2D eigenvalue weighted by Gasteiger charge is -2.29. The maximum Gasteiger partial charge on any atom is 0.391 e. The van der Waals surface area contributed by atoms with Crippen LogP contribution in [0, 0.1) is 17.7 Å². The van der Waals surface area contributed by atoms with Crippen LogP contribution in [0.4, 0.5) is 17.6 Å². The van der Waals surface area contributed by atoms with Gasteiger partial charge < -0.3 is 9.84 Å². The molecular formula is C16H20ClF4NO4S. The summed E-state index contributed by atoms with van der Waals surface area (Å²) >= 11 is 5.99. The van der Waals surface area contributed by atoms with Crippen LogP contribution in [0.15, 0.2) is 12.1 Å². The van der Waals surface area contributed by atoms with Crippen molar-refractivity contribution in [2.75, 3.05) is 12.9 Å². The van der Waals surface area contributed by atoms with Crippen molar-refractivity contribution in [3.8, 4) is 5.75 Å². The lowest BCUT2D eigenvalue weighted by atomic mass is 9.82. The van der Waals surface area contributed by atoms with Gasteiger partial charge in [0.1, 0.15) is 17.8 Å². The minimum atomic E-state index is -4.19. The Balaban J connectivity index is 1.97. The van der Waals surface area contributed by atoms with Gasteiger partial charge in [0.25, 0.3) is 0 Å². The zero-order chi connectivity index (χ0) is 20.4. The second-order valence-electron chi connectivity index (χ2n) is 6.67. The fourth-order valence-corrected chi connectivity index (χ4v) is 3.75. The fraction of sp³-hybridized carbons (Fsp3) is 0.625. The van der Waals surface area contributed by atoms with E-state index >= 15 is 0 Å². The number of ether oxygens (including phenoxy) is 1. The first-order chi connectivity index (χ1) is 12.4. The van der Waals surface area contributed by atoms with Gasteiger partial charge in [-0.15, -0.1) is 0 Å². The number of sulfonamides is 1. The summed E-state index contributed by atoms with van der Waals surface area (Å²) in [5.41, 5.74) is -0.372. The summed E-state index contributed by atoms with van der Waals surface area (Å²) in [4.78, 5) is 0. The van der Waals surface area contributed by atoms with E-state index in [0.717, 1.165) is 18.4 Å². The van der Waals surface area contributed by atoms with Crippen molar-refractivity contribution >= 4 is 21.6 Å². The first-order valence-corrected chi connectivity index (χ1v) is 10.5. The minimum absolute atomic E-state index is 0.0255. The molecular weight excluding hydrogens is 414 g/mol. The number of hydrogen-bond donors (Lipinski definition) is 2. The van der Waals surface area contributed by atoms with Crippen LogP contribution in [-0.2, 0) is 10.0 Å². The monoisotopic (exact) mass is 433 g/mol. The van der Waals surface area contributed by atoms with Crippen LogP contribution in [0.5, 0.6) is 5.75 Å². The molecule has 1 atom stereocenters. The van der Waals surface area contributed by atoms with E-state index in [1.807, 2.05) is 4.72 Å². The average Bonchev–Trinajstić information content (AvgIpc) is 2.53. The number of benzene rings is 1. The highest BCUT2D eigenvalue weighted by Crippen LogP contribution is 2.40. The fourth-order valence-electron chi connectivity index (χ4n) is 2.99. The smallest absolute Gasteiger partial charge is 0.391 e. The quantitative estimate of drug-likeness (QED) is 0.529. The van der Waals surface area contributed by atoms with Gasteiger partial charge in [-0.2, -0.15) is 17.9 Å². The number of halogens is 5. The first kappa shape index (κ1) is 22.2. The molecule has 1 aromatic rings. The van der Waals surface area contributed by atoms with Gasteiger partial charge in [0, 0.05) is 11.6 Å². The van der Waals surface area contributed by atoms with Gasteiger partial charge in [-0.05, 0) is 37.7 Å². The number of aliphatic hydroxyl groups excluding tert-OH is 1. The number of aliphatic hydroxyl groups is 1. The highest BCUT2D eigenvalue weighted by Gasteiger charge is 2.41. The standard InChI is InChI=1S/C16H20ClF4NO4S/c1-27(24,25)22-15(23)11-6-12(17)14(7-13(11)18)26-8-9-2-4-10(5-3-9)16(19,20)21/h6-7,9-10,15,22-23H,2-5,8H2,1H3/t9-,10-,15?. The predicted octanol–water partition coefficient (Wildman–Crippen LogP) is 3.77. The number of nitrogens with one attached hydrogen (secondary N) is 1. The molecule has 0 bridgehead atoms. The van der Waals surface area contributed by atoms with Crippen molar-refractivity contribution in [1.29, 1.82) is 0 Å². The normalized spacial score (nSPS) is 22.5. The molecule has 1 aromatic carbocycles. The van der Waals surface area contributed by atoms with E-state index in [0.29, 0.717) is 12.8 Å². The second-order valence-corrected chi connectivity index (χ2v) is 8.85. The molecule has 0 radical (unpaired) electrons. The molecule has 0 saturated heterocycles. The number of hydrogen-bond acceptors (Lipinski definition) is 4. The zero-order valence-electron chi connectivity index (χ0n) is 14.4. The molecule has 27 heavy (non-hydrogen) atoms. The summed E-state index contributed by atoms with van der Waals surface area (Å²) in [6.45, 7) is 0.0905. The van der Waals surface area contributed by atoms with E-state index in [1.165, 1.54) is 0 Å². The van der Waals surface area contributed by atoms with Crippen molar-refractivity contribution < 1.29 is 35.8 Å².